The molecule has 5 heteroatoms. The first kappa shape index (κ1) is 16.0. The van der Waals surface area contributed by atoms with Crippen molar-refractivity contribution in [1.29, 1.82) is 0 Å². The first-order chi connectivity index (χ1) is 9.97. The van der Waals surface area contributed by atoms with Gasteiger partial charge in [0, 0.05) is 0 Å². The van der Waals surface area contributed by atoms with Crippen molar-refractivity contribution in [2.75, 3.05) is 5.75 Å². The quantitative estimate of drug-likeness (QED) is 0.784. The Morgan fingerprint density at radius 1 is 1.14 bits per heavy atom. The highest BCUT2D eigenvalue weighted by Gasteiger charge is 2.20. The van der Waals surface area contributed by atoms with Gasteiger partial charge in [0.2, 0.25) is 0 Å². The Kier molecular flexibility index (Phi) is 5.39. The second-order valence-electron chi connectivity index (χ2n) is 5.63. The lowest BCUT2D eigenvalue weighted by Crippen LogP contribution is -2.22. The van der Waals surface area contributed by atoms with Gasteiger partial charge in [-0.25, -0.2) is 8.42 Å². The molecule has 0 amide bonds. The van der Waals surface area contributed by atoms with Crippen molar-refractivity contribution >= 4 is 15.8 Å². The van der Waals surface area contributed by atoms with Gasteiger partial charge in [-0.3, -0.25) is 4.79 Å². The van der Waals surface area contributed by atoms with E-state index in [0.717, 1.165) is 31.2 Å². The fraction of sp³-hybridized carbons (Fsp3) is 0.562. The van der Waals surface area contributed by atoms with Crippen molar-refractivity contribution < 1.29 is 17.9 Å². The van der Waals surface area contributed by atoms with Gasteiger partial charge in [0.05, 0.1) is 17.1 Å². The molecule has 0 bridgehead atoms. The molecule has 4 nitrogen and oxygen atoms in total. The number of sulfone groups is 1. The van der Waals surface area contributed by atoms with E-state index in [1.54, 1.807) is 24.3 Å². The Morgan fingerprint density at radius 3 is 2.38 bits per heavy atom. The fourth-order valence-corrected chi connectivity index (χ4v) is 3.73. The highest BCUT2D eigenvalue weighted by Crippen LogP contribution is 2.21. The molecule has 1 aliphatic carbocycles. The Balaban J connectivity index is 1.86. The third kappa shape index (κ3) is 4.84. The van der Waals surface area contributed by atoms with Gasteiger partial charge in [-0.05, 0) is 44.7 Å². The van der Waals surface area contributed by atoms with Gasteiger partial charge in [-0.1, -0.05) is 24.1 Å². The van der Waals surface area contributed by atoms with Crippen LogP contribution >= 0.6 is 0 Å². The summed E-state index contributed by atoms with van der Waals surface area (Å²) in [6, 6.07) is 6.68. The van der Waals surface area contributed by atoms with Crippen LogP contribution in [-0.4, -0.2) is 26.2 Å². The number of hydrogen-bond donors (Lipinski definition) is 0. The topological polar surface area (TPSA) is 60.4 Å². The lowest BCUT2D eigenvalue weighted by atomic mass is 9.98. The van der Waals surface area contributed by atoms with Crippen LogP contribution in [0.4, 0.5) is 0 Å². The molecule has 21 heavy (non-hydrogen) atoms. The SMILES string of the molecule is Cc1ccc(S(=O)(=O)CCC(=O)OC2CCCCC2)cc1. The average Bonchev–Trinajstić information content (AvgIpc) is 2.47. The molecule has 0 N–H and O–H groups in total. The first-order valence-electron chi connectivity index (χ1n) is 7.46. The van der Waals surface area contributed by atoms with Gasteiger partial charge >= 0.3 is 5.97 Å². The van der Waals surface area contributed by atoms with Crippen LogP contribution in [0.2, 0.25) is 0 Å². The zero-order valence-corrected chi connectivity index (χ0v) is 13.2. The Hall–Kier alpha value is -1.36. The van der Waals surface area contributed by atoms with E-state index in [-0.39, 0.29) is 23.2 Å². The Bertz CT molecular complexity index is 569. The van der Waals surface area contributed by atoms with E-state index in [9.17, 15) is 13.2 Å². The molecule has 1 aliphatic rings. The standard InChI is InChI=1S/C16H22O4S/c1-13-7-9-15(10-8-13)21(18,19)12-11-16(17)20-14-5-3-2-4-6-14/h7-10,14H,2-6,11-12H2,1H3. The monoisotopic (exact) mass is 310 g/mol. The van der Waals surface area contributed by atoms with Gasteiger partial charge < -0.3 is 4.74 Å². The average molecular weight is 310 g/mol. The molecule has 0 saturated heterocycles. The third-order valence-corrected chi connectivity index (χ3v) is 5.54. The van der Waals surface area contributed by atoms with Crippen LogP contribution in [0.3, 0.4) is 0 Å². The molecular formula is C16H22O4S. The van der Waals surface area contributed by atoms with Crippen molar-refractivity contribution in [3.8, 4) is 0 Å². The van der Waals surface area contributed by atoms with Crippen LogP contribution in [0.5, 0.6) is 0 Å². The number of benzene rings is 1. The summed E-state index contributed by atoms with van der Waals surface area (Å²) < 4.78 is 29.6. The maximum absolute atomic E-state index is 12.1. The van der Waals surface area contributed by atoms with E-state index in [2.05, 4.69) is 0 Å². The summed E-state index contributed by atoms with van der Waals surface area (Å²) in [5, 5.41) is 0. The molecule has 0 aliphatic heterocycles. The maximum atomic E-state index is 12.1. The minimum absolute atomic E-state index is 0.0201. The molecule has 116 valence electrons. The van der Waals surface area contributed by atoms with Gasteiger partial charge in [-0.2, -0.15) is 0 Å². The minimum Gasteiger partial charge on any atom is -0.462 e. The number of carbonyl (C=O) groups excluding carboxylic acids is 1. The van der Waals surface area contributed by atoms with E-state index in [4.69, 9.17) is 4.74 Å². The summed E-state index contributed by atoms with van der Waals surface area (Å²) >= 11 is 0. The van der Waals surface area contributed by atoms with Crippen LogP contribution < -0.4 is 0 Å². The summed E-state index contributed by atoms with van der Waals surface area (Å²) in [6.45, 7) is 1.90. The second-order valence-corrected chi connectivity index (χ2v) is 7.74. The number of carbonyl (C=O) groups is 1. The zero-order valence-electron chi connectivity index (χ0n) is 12.4. The van der Waals surface area contributed by atoms with Crippen LogP contribution in [0.25, 0.3) is 0 Å². The first-order valence-corrected chi connectivity index (χ1v) is 9.11. The highest BCUT2D eigenvalue weighted by atomic mass is 32.2. The van der Waals surface area contributed by atoms with Gasteiger partial charge in [-0.15, -0.1) is 0 Å². The van der Waals surface area contributed by atoms with Crippen molar-refractivity contribution in [3.63, 3.8) is 0 Å². The summed E-state index contributed by atoms with van der Waals surface area (Å²) in [4.78, 5) is 12.0. The smallest absolute Gasteiger partial charge is 0.307 e. The molecule has 0 heterocycles. The van der Waals surface area contributed by atoms with E-state index >= 15 is 0 Å². The number of ether oxygens (including phenoxy) is 1. The lowest BCUT2D eigenvalue weighted by molar-refractivity contribution is -0.149. The van der Waals surface area contributed by atoms with Gasteiger partial charge in [0.1, 0.15) is 6.10 Å². The molecule has 1 fully saturated rings. The van der Waals surface area contributed by atoms with Crippen molar-refractivity contribution in [1.82, 2.24) is 0 Å². The van der Waals surface area contributed by atoms with Crippen LogP contribution in [0.1, 0.15) is 44.1 Å². The normalized spacial score (nSPS) is 16.6. The van der Waals surface area contributed by atoms with Gasteiger partial charge in [0.15, 0.2) is 9.84 Å². The number of hydrogen-bond acceptors (Lipinski definition) is 4. The van der Waals surface area contributed by atoms with Crippen LogP contribution in [0.15, 0.2) is 29.2 Å². The van der Waals surface area contributed by atoms with Crippen molar-refractivity contribution in [3.05, 3.63) is 29.8 Å². The Labute approximate surface area is 126 Å². The number of rotatable bonds is 5. The van der Waals surface area contributed by atoms with Crippen molar-refractivity contribution in [2.45, 2.75) is 56.4 Å². The summed E-state index contributed by atoms with van der Waals surface area (Å²) in [7, 11) is -3.41. The molecule has 1 aromatic rings. The molecule has 0 atom stereocenters. The molecule has 1 saturated carbocycles. The van der Waals surface area contributed by atoms with E-state index in [0.29, 0.717) is 0 Å². The summed E-state index contributed by atoms with van der Waals surface area (Å²) in [6.07, 6.45) is 5.06. The number of aryl methyl sites for hydroxylation is 1. The van der Waals surface area contributed by atoms with Crippen LogP contribution in [0, 0.1) is 6.92 Å². The van der Waals surface area contributed by atoms with E-state index in [1.807, 2.05) is 6.92 Å². The van der Waals surface area contributed by atoms with E-state index < -0.39 is 15.8 Å². The van der Waals surface area contributed by atoms with Gasteiger partial charge in [0.25, 0.3) is 0 Å². The molecular weight excluding hydrogens is 288 g/mol. The molecule has 1 aromatic carbocycles. The van der Waals surface area contributed by atoms with Crippen molar-refractivity contribution in [2.24, 2.45) is 0 Å². The summed E-state index contributed by atoms with van der Waals surface area (Å²) in [5.41, 5.74) is 1.01. The predicted molar refractivity (Wildman–Crippen MR) is 80.8 cm³/mol. The second kappa shape index (κ2) is 7.07. The molecule has 0 unspecified atom stereocenters. The molecule has 0 aromatic heterocycles. The molecule has 0 spiro atoms. The lowest BCUT2D eigenvalue weighted by Gasteiger charge is -2.21. The Morgan fingerprint density at radius 2 is 1.76 bits per heavy atom. The zero-order chi connectivity index (χ0) is 15.3. The highest BCUT2D eigenvalue weighted by molar-refractivity contribution is 7.91. The number of esters is 1. The third-order valence-electron chi connectivity index (χ3n) is 3.81. The minimum atomic E-state index is -3.41. The fourth-order valence-electron chi connectivity index (χ4n) is 2.51. The van der Waals surface area contributed by atoms with E-state index in [1.165, 1.54) is 6.42 Å². The largest absolute Gasteiger partial charge is 0.462 e. The van der Waals surface area contributed by atoms with Crippen LogP contribution in [-0.2, 0) is 19.4 Å². The summed E-state index contributed by atoms with van der Waals surface area (Å²) in [5.74, 6) is -0.598. The molecule has 2 rings (SSSR count). The molecule has 0 radical (unpaired) electrons. The maximum Gasteiger partial charge on any atom is 0.307 e. The predicted octanol–water partition coefficient (Wildman–Crippen LogP) is 3.03.